The first-order valence-electron chi connectivity index (χ1n) is 9.55. The summed E-state index contributed by atoms with van der Waals surface area (Å²) in [6.07, 6.45) is 8.64. The van der Waals surface area contributed by atoms with E-state index in [2.05, 4.69) is 41.6 Å². The number of nitrogens with zero attached hydrogens (tertiary/aromatic N) is 7. The lowest BCUT2D eigenvalue weighted by Crippen LogP contribution is -2.42. The summed E-state index contributed by atoms with van der Waals surface area (Å²) in [5.74, 6) is -0.0182. The van der Waals surface area contributed by atoms with Crippen LogP contribution in [0.4, 0.5) is 0 Å². The van der Waals surface area contributed by atoms with E-state index in [0.717, 1.165) is 31.4 Å². The Hall–Kier alpha value is -2.29. The number of aromatic nitrogens is 6. The van der Waals surface area contributed by atoms with Crippen LogP contribution in [0.15, 0.2) is 12.4 Å². The van der Waals surface area contributed by atoms with Gasteiger partial charge in [-0.15, -0.1) is 5.10 Å². The van der Waals surface area contributed by atoms with E-state index in [4.69, 9.17) is 0 Å². The number of aryl methyl sites for hydroxylation is 1. The minimum absolute atomic E-state index is 0.0182. The highest BCUT2D eigenvalue weighted by Crippen LogP contribution is 2.26. The lowest BCUT2D eigenvalue weighted by molar-refractivity contribution is -0.121. The van der Waals surface area contributed by atoms with Gasteiger partial charge in [-0.3, -0.25) is 14.4 Å². The molecule has 1 amide bonds. The van der Waals surface area contributed by atoms with E-state index in [1.807, 2.05) is 0 Å². The average molecular weight is 358 g/mol. The van der Waals surface area contributed by atoms with E-state index >= 15 is 0 Å². The van der Waals surface area contributed by atoms with Gasteiger partial charge in [0.05, 0.1) is 31.0 Å². The van der Waals surface area contributed by atoms with Gasteiger partial charge in [0.15, 0.2) is 0 Å². The van der Waals surface area contributed by atoms with Crippen molar-refractivity contribution in [3.63, 3.8) is 0 Å². The second kappa shape index (κ2) is 7.94. The average Bonchev–Trinajstić information content (AvgIpc) is 3.34. The van der Waals surface area contributed by atoms with Crippen LogP contribution < -0.4 is 5.32 Å². The van der Waals surface area contributed by atoms with Crippen molar-refractivity contribution >= 4 is 5.91 Å². The number of rotatable bonds is 6. The maximum atomic E-state index is 12.0. The fourth-order valence-electron chi connectivity index (χ4n) is 3.97. The van der Waals surface area contributed by atoms with Crippen LogP contribution in [-0.4, -0.2) is 53.4 Å². The second-order valence-electron chi connectivity index (χ2n) is 7.21. The molecule has 2 aromatic rings. The fourth-order valence-corrected chi connectivity index (χ4v) is 3.97. The van der Waals surface area contributed by atoms with Crippen molar-refractivity contribution in [3.05, 3.63) is 23.8 Å². The van der Waals surface area contributed by atoms with Crippen molar-refractivity contribution < 1.29 is 4.79 Å². The zero-order valence-corrected chi connectivity index (χ0v) is 15.0. The summed E-state index contributed by atoms with van der Waals surface area (Å²) in [6, 6.07) is 2.87. The van der Waals surface area contributed by atoms with Crippen molar-refractivity contribution in [2.45, 2.75) is 70.7 Å². The number of hydrogen-bond donors (Lipinski definition) is 1. The third kappa shape index (κ3) is 4.09. The molecule has 9 heteroatoms. The minimum Gasteiger partial charge on any atom is -0.350 e. The van der Waals surface area contributed by atoms with Crippen LogP contribution >= 0.6 is 0 Å². The van der Waals surface area contributed by atoms with E-state index in [-0.39, 0.29) is 5.91 Å². The molecule has 1 saturated carbocycles. The molecule has 2 aromatic heterocycles. The van der Waals surface area contributed by atoms with Crippen LogP contribution in [0.2, 0.25) is 0 Å². The molecule has 0 unspecified atom stereocenters. The largest absolute Gasteiger partial charge is 0.350 e. The predicted molar refractivity (Wildman–Crippen MR) is 93.8 cm³/mol. The number of nitrogens with one attached hydrogen (secondary N) is 1. The lowest BCUT2D eigenvalue weighted by Gasteiger charge is -2.36. The van der Waals surface area contributed by atoms with Gasteiger partial charge < -0.3 is 5.32 Å². The lowest BCUT2D eigenvalue weighted by atomic mass is 9.94. The molecular formula is C17H26N8O. The van der Waals surface area contributed by atoms with Crippen molar-refractivity contribution in [1.29, 1.82) is 0 Å². The van der Waals surface area contributed by atoms with Crippen molar-refractivity contribution in [2.24, 2.45) is 0 Å². The molecule has 9 nitrogen and oxygen atoms in total. The number of carbonyl (C=O) groups is 1. The third-order valence-corrected chi connectivity index (χ3v) is 5.40. The summed E-state index contributed by atoms with van der Waals surface area (Å²) in [7, 11) is 0. The Morgan fingerprint density at radius 2 is 2.12 bits per heavy atom. The van der Waals surface area contributed by atoms with Gasteiger partial charge in [0.25, 0.3) is 0 Å². The summed E-state index contributed by atoms with van der Waals surface area (Å²) in [5.41, 5.74) is 2.20. The SMILES string of the molecule is O=C(CCn1cnnn1)NCc1cc2n(n1)CCN(C1CCCCC1)C2. The molecule has 0 saturated heterocycles. The first-order chi connectivity index (χ1) is 12.8. The molecule has 26 heavy (non-hydrogen) atoms. The maximum absolute atomic E-state index is 12.0. The molecule has 0 spiro atoms. The zero-order valence-electron chi connectivity index (χ0n) is 15.0. The minimum atomic E-state index is -0.0182. The number of fused-ring (bicyclic) bond motifs is 1. The van der Waals surface area contributed by atoms with E-state index in [1.54, 1.807) is 4.68 Å². The van der Waals surface area contributed by atoms with E-state index in [9.17, 15) is 4.79 Å². The Kier molecular flexibility index (Phi) is 5.24. The highest BCUT2D eigenvalue weighted by molar-refractivity contribution is 5.75. The van der Waals surface area contributed by atoms with Gasteiger partial charge in [0, 0.05) is 25.6 Å². The van der Waals surface area contributed by atoms with Gasteiger partial charge in [-0.05, 0) is 29.3 Å². The van der Waals surface area contributed by atoms with Crippen molar-refractivity contribution in [1.82, 2.24) is 40.2 Å². The van der Waals surface area contributed by atoms with Gasteiger partial charge in [-0.1, -0.05) is 19.3 Å². The Morgan fingerprint density at radius 3 is 2.92 bits per heavy atom. The highest BCUT2D eigenvalue weighted by atomic mass is 16.1. The molecule has 0 atom stereocenters. The van der Waals surface area contributed by atoms with Crippen LogP contribution in [0.1, 0.15) is 49.9 Å². The summed E-state index contributed by atoms with van der Waals surface area (Å²) in [5, 5.41) is 18.4. The summed E-state index contributed by atoms with van der Waals surface area (Å²) < 4.78 is 3.65. The zero-order chi connectivity index (χ0) is 17.8. The van der Waals surface area contributed by atoms with Crippen molar-refractivity contribution in [2.75, 3.05) is 6.54 Å². The highest BCUT2D eigenvalue weighted by Gasteiger charge is 2.25. The quantitative estimate of drug-likeness (QED) is 0.818. The fraction of sp³-hybridized carbons (Fsp3) is 0.706. The number of hydrogen-bond acceptors (Lipinski definition) is 6. The van der Waals surface area contributed by atoms with Gasteiger partial charge >= 0.3 is 0 Å². The maximum Gasteiger partial charge on any atom is 0.222 e. The Morgan fingerprint density at radius 1 is 1.23 bits per heavy atom. The number of carbonyl (C=O) groups excluding carboxylic acids is 1. The molecule has 0 bridgehead atoms. The normalized spacial score (nSPS) is 18.6. The topological polar surface area (TPSA) is 93.8 Å². The third-order valence-electron chi connectivity index (χ3n) is 5.40. The molecular weight excluding hydrogens is 332 g/mol. The molecule has 0 aromatic carbocycles. The first kappa shape index (κ1) is 17.1. The van der Waals surface area contributed by atoms with Gasteiger partial charge in [-0.2, -0.15) is 5.10 Å². The molecule has 140 valence electrons. The Labute approximate surface area is 152 Å². The van der Waals surface area contributed by atoms with Crippen LogP contribution in [0.25, 0.3) is 0 Å². The van der Waals surface area contributed by atoms with Crippen LogP contribution in [-0.2, 0) is 31.0 Å². The van der Waals surface area contributed by atoms with Crippen LogP contribution in [0.3, 0.4) is 0 Å². The van der Waals surface area contributed by atoms with Gasteiger partial charge in [0.1, 0.15) is 6.33 Å². The van der Waals surface area contributed by atoms with Gasteiger partial charge in [0.2, 0.25) is 5.91 Å². The molecule has 1 aliphatic heterocycles. The molecule has 1 fully saturated rings. The summed E-state index contributed by atoms with van der Waals surface area (Å²) >= 11 is 0. The molecule has 1 N–H and O–H groups in total. The second-order valence-corrected chi connectivity index (χ2v) is 7.21. The van der Waals surface area contributed by atoms with E-state index < -0.39 is 0 Å². The van der Waals surface area contributed by atoms with Crippen molar-refractivity contribution in [3.8, 4) is 0 Å². The molecule has 3 heterocycles. The molecule has 4 rings (SSSR count). The standard InChI is InChI=1S/C17H26N8O/c26-17(6-7-24-13-19-21-22-24)18-11-14-10-16-12-23(8-9-25(16)20-14)15-4-2-1-3-5-15/h10,13,15H,1-9,11-12H2,(H,18,26). The van der Waals surface area contributed by atoms with Gasteiger partial charge in [-0.25, -0.2) is 4.68 Å². The summed E-state index contributed by atoms with van der Waals surface area (Å²) in [6.45, 7) is 3.95. The monoisotopic (exact) mass is 358 g/mol. The van der Waals surface area contributed by atoms with Crippen LogP contribution in [0, 0.1) is 0 Å². The Bertz CT molecular complexity index is 719. The molecule has 0 radical (unpaired) electrons. The smallest absolute Gasteiger partial charge is 0.222 e. The first-order valence-corrected chi connectivity index (χ1v) is 9.55. The Balaban J connectivity index is 1.27. The predicted octanol–water partition coefficient (Wildman–Crippen LogP) is 0.724. The number of tetrazole rings is 1. The van der Waals surface area contributed by atoms with E-state index in [1.165, 1.54) is 44.1 Å². The van der Waals surface area contributed by atoms with E-state index in [0.29, 0.717) is 19.5 Å². The van der Waals surface area contributed by atoms with Crippen LogP contribution in [0.5, 0.6) is 0 Å². The summed E-state index contributed by atoms with van der Waals surface area (Å²) in [4.78, 5) is 14.6. The molecule has 2 aliphatic rings. The molecule has 1 aliphatic carbocycles. The number of amides is 1.